The highest BCUT2D eigenvalue weighted by atomic mass is 79.9. The van der Waals surface area contributed by atoms with Crippen LogP contribution in [-0.4, -0.2) is 18.4 Å². The molecule has 136 valence electrons. The van der Waals surface area contributed by atoms with E-state index in [1.165, 1.54) is 0 Å². The Balaban J connectivity index is 1.84. The summed E-state index contributed by atoms with van der Waals surface area (Å²) < 4.78 is 31.8. The van der Waals surface area contributed by atoms with Crippen molar-refractivity contribution in [1.29, 1.82) is 0 Å². The highest BCUT2D eigenvalue weighted by molar-refractivity contribution is 9.11. The molecule has 1 aromatic heterocycles. The predicted octanol–water partition coefficient (Wildman–Crippen LogP) is 5.22. The van der Waals surface area contributed by atoms with Gasteiger partial charge >= 0.3 is 10.1 Å². The molecule has 0 radical (unpaired) electrons. The van der Waals surface area contributed by atoms with Crippen molar-refractivity contribution in [2.75, 3.05) is 0 Å². The van der Waals surface area contributed by atoms with Gasteiger partial charge in [0.25, 0.3) is 0 Å². The lowest BCUT2D eigenvalue weighted by Crippen LogP contribution is -2.13. The molecule has 4 rings (SSSR count). The summed E-state index contributed by atoms with van der Waals surface area (Å²) in [6, 6.07) is 18.0. The Morgan fingerprint density at radius 1 is 0.815 bits per heavy atom. The summed E-state index contributed by atoms with van der Waals surface area (Å²) in [6.07, 6.45) is 0. The van der Waals surface area contributed by atoms with Crippen molar-refractivity contribution in [3.05, 3.63) is 75.2 Å². The maximum Gasteiger partial charge on any atom is 0.313 e. The molecule has 0 unspecified atom stereocenters. The van der Waals surface area contributed by atoms with E-state index in [4.69, 9.17) is 4.18 Å². The van der Waals surface area contributed by atoms with Gasteiger partial charge in [-0.25, -0.2) is 9.97 Å². The summed E-state index contributed by atoms with van der Waals surface area (Å²) in [7, 11) is -3.88. The molecule has 1 heterocycles. The minimum Gasteiger partial charge on any atom is -0.379 e. The summed E-state index contributed by atoms with van der Waals surface area (Å²) in [5, 5.41) is 0. The van der Waals surface area contributed by atoms with Crippen molar-refractivity contribution in [3.8, 4) is 5.75 Å². The molecule has 8 heteroatoms. The summed E-state index contributed by atoms with van der Waals surface area (Å²) in [6.45, 7) is 0. The van der Waals surface area contributed by atoms with Gasteiger partial charge in [-0.2, -0.15) is 8.42 Å². The lowest BCUT2D eigenvalue weighted by molar-refractivity contribution is 0.485. The third-order valence-electron chi connectivity index (χ3n) is 3.88. The van der Waals surface area contributed by atoms with Gasteiger partial charge in [0.1, 0.15) is 16.8 Å². The molecular weight excluding hydrogens is 496 g/mol. The fourth-order valence-corrected chi connectivity index (χ4v) is 5.20. The van der Waals surface area contributed by atoms with Crippen LogP contribution in [0.5, 0.6) is 5.75 Å². The summed E-state index contributed by atoms with van der Waals surface area (Å²) in [4.78, 5) is 9.17. The van der Waals surface area contributed by atoms with Crippen LogP contribution in [0.4, 0.5) is 0 Å². The normalized spacial score (nSPS) is 11.8. The Morgan fingerprint density at radius 3 is 2.07 bits per heavy atom. The number of para-hydroxylation sites is 2. The van der Waals surface area contributed by atoms with E-state index in [1.54, 1.807) is 30.3 Å². The maximum absolute atomic E-state index is 12.6. The molecule has 0 amide bonds. The van der Waals surface area contributed by atoms with Crippen LogP contribution >= 0.6 is 31.9 Å². The lowest BCUT2D eigenvalue weighted by Gasteiger charge is -2.12. The molecule has 0 spiro atoms. The van der Waals surface area contributed by atoms with Gasteiger partial charge in [0.15, 0.2) is 5.75 Å². The zero-order valence-electron chi connectivity index (χ0n) is 13.8. The lowest BCUT2D eigenvalue weighted by atomic mass is 10.2. The van der Waals surface area contributed by atoms with E-state index in [2.05, 4.69) is 41.8 Å². The van der Waals surface area contributed by atoms with E-state index in [1.807, 2.05) is 30.3 Å². The van der Waals surface area contributed by atoms with E-state index in [9.17, 15) is 8.42 Å². The fourth-order valence-electron chi connectivity index (χ4n) is 2.70. The second kappa shape index (κ2) is 7.18. The minimum atomic E-state index is -3.88. The van der Waals surface area contributed by atoms with Crippen molar-refractivity contribution in [2.24, 2.45) is 0 Å². The van der Waals surface area contributed by atoms with Crippen LogP contribution in [0.1, 0.15) is 5.56 Å². The Labute approximate surface area is 172 Å². The Hall–Kier alpha value is -2.03. The van der Waals surface area contributed by atoms with Crippen molar-refractivity contribution in [1.82, 2.24) is 9.97 Å². The second-order valence-corrected chi connectivity index (χ2v) is 9.13. The molecule has 0 bridgehead atoms. The van der Waals surface area contributed by atoms with Gasteiger partial charge in [0, 0.05) is 4.47 Å². The number of hydrogen-bond acceptors (Lipinski definition) is 5. The van der Waals surface area contributed by atoms with Crippen molar-refractivity contribution in [3.63, 3.8) is 0 Å². The molecule has 0 aliphatic carbocycles. The first-order valence-electron chi connectivity index (χ1n) is 7.93. The number of benzene rings is 3. The van der Waals surface area contributed by atoms with Gasteiger partial charge in [-0.05, 0) is 55.6 Å². The molecule has 0 saturated heterocycles. The first-order valence-corrected chi connectivity index (χ1v) is 11.1. The summed E-state index contributed by atoms with van der Waals surface area (Å²) >= 11 is 6.85. The van der Waals surface area contributed by atoms with Crippen molar-refractivity contribution < 1.29 is 12.6 Å². The summed E-state index contributed by atoms with van der Waals surface area (Å²) in [5.41, 5.74) is 2.91. The fraction of sp³-hybridized carbons (Fsp3) is 0.0526. The van der Waals surface area contributed by atoms with Crippen molar-refractivity contribution in [2.45, 2.75) is 5.75 Å². The van der Waals surface area contributed by atoms with Crippen LogP contribution in [0.25, 0.3) is 22.1 Å². The number of halogens is 2. The number of nitrogens with zero attached hydrogens (tertiary/aromatic N) is 2. The van der Waals surface area contributed by atoms with E-state index in [-0.39, 0.29) is 11.5 Å². The second-order valence-electron chi connectivity index (χ2n) is 5.85. The molecule has 3 aromatic carbocycles. The minimum absolute atomic E-state index is 0.127. The maximum atomic E-state index is 12.6. The molecule has 0 fully saturated rings. The van der Waals surface area contributed by atoms with Crippen LogP contribution in [0.3, 0.4) is 0 Å². The van der Waals surface area contributed by atoms with E-state index >= 15 is 0 Å². The van der Waals surface area contributed by atoms with E-state index in [0.717, 1.165) is 0 Å². The molecule has 0 N–H and O–H groups in total. The third kappa shape index (κ3) is 3.83. The zero-order valence-corrected chi connectivity index (χ0v) is 17.8. The average Bonchev–Trinajstić information content (AvgIpc) is 2.64. The van der Waals surface area contributed by atoms with Gasteiger partial charge in [-0.15, -0.1) is 0 Å². The first kappa shape index (κ1) is 18.3. The largest absolute Gasteiger partial charge is 0.379 e. The van der Waals surface area contributed by atoms with Crippen LogP contribution in [0.15, 0.2) is 69.6 Å². The zero-order chi connectivity index (χ0) is 19.0. The molecule has 27 heavy (non-hydrogen) atoms. The van der Waals surface area contributed by atoms with Crippen LogP contribution in [0.2, 0.25) is 0 Å². The average molecular weight is 508 g/mol. The molecule has 0 aliphatic heterocycles. The standard InChI is InChI=1S/C19H12Br2N2O3S/c20-13-10-14(21)19(26-27(24,25)11-12-6-2-1-3-7-12)18-17(13)22-15-8-4-5-9-16(15)23-18/h1-10H,11H2. The first-order chi connectivity index (χ1) is 12.9. The van der Waals surface area contributed by atoms with Gasteiger partial charge in [0.05, 0.1) is 15.5 Å². The highest BCUT2D eigenvalue weighted by Gasteiger charge is 2.21. The molecular formula is C19H12Br2N2O3S. The predicted molar refractivity (Wildman–Crippen MR) is 112 cm³/mol. The van der Waals surface area contributed by atoms with Crippen LogP contribution in [-0.2, 0) is 15.9 Å². The highest BCUT2D eigenvalue weighted by Crippen LogP contribution is 2.38. The SMILES string of the molecule is O=S(=O)(Cc1ccccc1)Oc1c(Br)cc(Br)c2nc3ccccc3nc12. The molecule has 0 saturated carbocycles. The smallest absolute Gasteiger partial charge is 0.313 e. The summed E-state index contributed by atoms with van der Waals surface area (Å²) in [5.74, 6) is -0.110. The Morgan fingerprint density at radius 2 is 1.41 bits per heavy atom. The quantitative estimate of drug-likeness (QED) is 0.280. The number of rotatable bonds is 4. The number of hydrogen-bond donors (Lipinski definition) is 0. The molecule has 0 aliphatic rings. The molecule has 5 nitrogen and oxygen atoms in total. The number of aromatic nitrogens is 2. The van der Waals surface area contributed by atoms with Crippen molar-refractivity contribution >= 4 is 64.0 Å². The van der Waals surface area contributed by atoms with E-state index < -0.39 is 10.1 Å². The van der Waals surface area contributed by atoms with Gasteiger partial charge in [0.2, 0.25) is 0 Å². The third-order valence-corrected chi connectivity index (χ3v) is 6.18. The molecule has 0 atom stereocenters. The Kier molecular flexibility index (Phi) is 4.88. The topological polar surface area (TPSA) is 69.2 Å². The van der Waals surface area contributed by atoms with Crippen LogP contribution in [0, 0.1) is 0 Å². The van der Waals surface area contributed by atoms with Gasteiger partial charge in [-0.3, -0.25) is 0 Å². The van der Waals surface area contributed by atoms with Crippen LogP contribution < -0.4 is 4.18 Å². The van der Waals surface area contributed by atoms with Gasteiger partial charge < -0.3 is 4.18 Å². The van der Waals surface area contributed by atoms with E-state index in [0.29, 0.717) is 36.6 Å². The monoisotopic (exact) mass is 506 g/mol. The Bertz CT molecular complexity index is 1260. The van der Waals surface area contributed by atoms with Gasteiger partial charge in [-0.1, -0.05) is 42.5 Å². The molecule has 4 aromatic rings. The number of fused-ring (bicyclic) bond motifs is 2.